The lowest BCUT2D eigenvalue weighted by Crippen LogP contribution is -2.49. The number of carbonyl (C=O) groups excluding carboxylic acids is 1. The van der Waals surface area contributed by atoms with Crippen molar-refractivity contribution in [2.24, 2.45) is 5.73 Å². The number of hydrogen-bond donors (Lipinski definition) is 2. The number of hydrogen-bond acceptors (Lipinski definition) is 4. The van der Waals surface area contributed by atoms with Gasteiger partial charge in [-0.15, -0.1) is 0 Å². The number of rotatable bonds is 7. The Bertz CT molecular complexity index is 1020. The largest absolute Gasteiger partial charge is 0.337 e. The predicted molar refractivity (Wildman–Crippen MR) is 131 cm³/mol. The topological polar surface area (TPSA) is 92.5 Å². The van der Waals surface area contributed by atoms with Crippen molar-refractivity contribution >= 4 is 15.9 Å². The SMILES string of the molecule is NCCc1ccc(S(=O)(=O)C2CCN(C(=O)NCC3(c4ccccc4)CCCC3)CC2)cc1. The van der Waals surface area contributed by atoms with Crippen molar-refractivity contribution < 1.29 is 13.2 Å². The number of nitrogens with zero attached hydrogens (tertiary/aromatic N) is 1. The van der Waals surface area contributed by atoms with Crippen molar-refractivity contribution in [1.29, 1.82) is 0 Å². The fourth-order valence-corrected chi connectivity index (χ4v) is 7.07. The molecule has 178 valence electrons. The number of nitrogens with one attached hydrogen (secondary N) is 1. The van der Waals surface area contributed by atoms with E-state index >= 15 is 0 Å². The number of likely N-dealkylation sites (tertiary alicyclic amines) is 1. The first-order valence-electron chi connectivity index (χ1n) is 12.1. The minimum atomic E-state index is -3.40. The van der Waals surface area contributed by atoms with Crippen LogP contribution in [0.3, 0.4) is 0 Å². The second kappa shape index (κ2) is 10.3. The quantitative estimate of drug-likeness (QED) is 0.647. The Hall–Kier alpha value is -2.38. The standard InChI is InChI=1S/C26H35N3O3S/c27-17-12-21-8-10-23(11-9-21)33(31,32)24-13-18-29(19-14-24)25(30)28-20-26(15-4-5-16-26)22-6-2-1-3-7-22/h1-3,6-11,24H,4-5,12-20,27H2,(H,28,30). The molecule has 2 fully saturated rings. The van der Waals surface area contributed by atoms with Crippen molar-refractivity contribution in [1.82, 2.24) is 10.2 Å². The lowest BCUT2D eigenvalue weighted by molar-refractivity contribution is 0.183. The summed E-state index contributed by atoms with van der Waals surface area (Å²) in [6.07, 6.45) is 6.19. The van der Waals surface area contributed by atoms with E-state index in [1.165, 1.54) is 18.4 Å². The van der Waals surface area contributed by atoms with E-state index < -0.39 is 15.1 Å². The Morgan fingerprint density at radius 3 is 2.24 bits per heavy atom. The maximum Gasteiger partial charge on any atom is 0.317 e. The molecular weight excluding hydrogens is 434 g/mol. The Morgan fingerprint density at radius 2 is 1.64 bits per heavy atom. The van der Waals surface area contributed by atoms with Crippen LogP contribution in [0.15, 0.2) is 59.5 Å². The summed E-state index contributed by atoms with van der Waals surface area (Å²) >= 11 is 0. The number of nitrogens with two attached hydrogens (primary N) is 1. The number of amides is 2. The maximum atomic E-state index is 13.1. The molecule has 0 unspecified atom stereocenters. The molecule has 2 aromatic carbocycles. The fourth-order valence-electron chi connectivity index (χ4n) is 5.34. The van der Waals surface area contributed by atoms with E-state index in [2.05, 4.69) is 29.6 Å². The van der Waals surface area contributed by atoms with Gasteiger partial charge in [0.2, 0.25) is 0 Å². The molecule has 0 bridgehead atoms. The van der Waals surface area contributed by atoms with Gasteiger partial charge in [-0.05, 0) is 61.9 Å². The minimum Gasteiger partial charge on any atom is -0.337 e. The molecule has 1 heterocycles. The molecular formula is C26H35N3O3S. The van der Waals surface area contributed by atoms with Gasteiger partial charge < -0.3 is 16.0 Å². The first-order valence-corrected chi connectivity index (χ1v) is 13.6. The van der Waals surface area contributed by atoms with E-state index in [9.17, 15) is 13.2 Å². The zero-order chi connectivity index (χ0) is 23.3. The van der Waals surface area contributed by atoms with Crippen LogP contribution in [-0.4, -0.2) is 50.8 Å². The number of piperidine rings is 1. The molecule has 0 radical (unpaired) electrons. The van der Waals surface area contributed by atoms with Crippen LogP contribution in [0.25, 0.3) is 0 Å². The number of urea groups is 1. The molecule has 2 aliphatic rings. The van der Waals surface area contributed by atoms with Gasteiger partial charge in [-0.1, -0.05) is 55.3 Å². The van der Waals surface area contributed by atoms with E-state index in [1.54, 1.807) is 17.0 Å². The maximum absolute atomic E-state index is 13.1. The molecule has 33 heavy (non-hydrogen) atoms. The molecule has 2 aromatic rings. The third-order valence-electron chi connectivity index (χ3n) is 7.38. The van der Waals surface area contributed by atoms with Crippen LogP contribution >= 0.6 is 0 Å². The molecule has 3 N–H and O–H groups in total. The van der Waals surface area contributed by atoms with Crippen LogP contribution in [-0.2, 0) is 21.7 Å². The first-order chi connectivity index (χ1) is 15.9. The lowest BCUT2D eigenvalue weighted by atomic mass is 9.79. The molecule has 0 atom stereocenters. The van der Waals surface area contributed by atoms with Gasteiger partial charge in [-0.2, -0.15) is 0 Å². The summed E-state index contributed by atoms with van der Waals surface area (Å²) in [5.41, 5.74) is 7.92. The van der Waals surface area contributed by atoms with Crippen molar-refractivity contribution in [3.05, 3.63) is 65.7 Å². The van der Waals surface area contributed by atoms with E-state index in [4.69, 9.17) is 5.73 Å². The average Bonchev–Trinajstić information content (AvgIpc) is 3.34. The highest BCUT2D eigenvalue weighted by molar-refractivity contribution is 7.92. The summed E-state index contributed by atoms with van der Waals surface area (Å²) in [7, 11) is -3.40. The second-order valence-electron chi connectivity index (χ2n) is 9.43. The van der Waals surface area contributed by atoms with Crippen molar-refractivity contribution in [3.8, 4) is 0 Å². The molecule has 7 heteroatoms. The molecule has 0 spiro atoms. The van der Waals surface area contributed by atoms with Crippen LogP contribution in [0.2, 0.25) is 0 Å². The second-order valence-corrected chi connectivity index (χ2v) is 11.7. The highest BCUT2D eigenvalue weighted by atomic mass is 32.2. The average molecular weight is 470 g/mol. The monoisotopic (exact) mass is 469 g/mol. The van der Waals surface area contributed by atoms with Gasteiger partial charge >= 0.3 is 6.03 Å². The smallest absolute Gasteiger partial charge is 0.317 e. The molecule has 1 saturated heterocycles. The van der Waals surface area contributed by atoms with Gasteiger partial charge in [0.1, 0.15) is 0 Å². The van der Waals surface area contributed by atoms with Crippen LogP contribution in [0.5, 0.6) is 0 Å². The Morgan fingerprint density at radius 1 is 1.00 bits per heavy atom. The summed E-state index contributed by atoms with van der Waals surface area (Å²) in [6, 6.07) is 17.4. The van der Waals surface area contributed by atoms with E-state index in [0.29, 0.717) is 43.9 Å². The Kier molecular flexibility index (Phi) is 7.39. The van der Waals surface area contributed by atoms with E-state index in [-0.39, 0.29) is 11.4 Å². The van der Waals surface area contributed by atoms with Gasteiger partial charge in [0.05, 0.1) is 10.1 Å². The Labute approximate surface area is 197 Å². The number of sulfone groups is 1. The summed E-state index contributed by atoms with van der Waals surface area (Å²) < 4.78 is 26.2. The molecule has 2 amide bonds. The van der Waals surface area contributed by atoms with Crippen LogP contribution in [0.4, 0.5) is 4.79 Å². The number of benzene rings is 2. The Balaban J connectivity index is 1.33. The molecule has 1 aliphatic carbocycles. The van der Waals surface area contributed by atoms with Gasteiger partial charge in [0.25, 0.3) is 0 Å². The summed E-state index contributed by atoms with van der Waals surface area (Å²) in [6.45, 7) is 2.08. The molecule has 1 aliphatic heterocycles. The van der Waals surface area contributed by atoms with Crippen molar-refractivity contribution in [2.75, 3.05) is 26.2 Å². The zero-order valence-electron chi connectivity index (χ0n) is 19.2. The highest BCUT2D eigenvalue weighted by Gasteiger charge is 2.37. The molecule has 4 rings (SSSR count). The minimum absolute atomic E-state index is 0.00858. The summed E-state index contributed by atoms with van der Waals surface area (Å²) in [4.78, 5) is 15.0. The summed E-state index contributed by atoms with van der Waals surface area (Å²) in [5, 5.41) is 2.71. The number of carbonyl (C=O) groups is 1. The summed E-state index contributed by atoms with van der Waals surface area (Å²) in [5.74, 6) is 0. The van der Waals surface area contributed by atoms with Crippen LogP contribution in [0.1, 0.15) is 49.7 Å². The highest BCUT2D eigenvalue weighted by Crippen LogP contribution is 2.40. The fraction of sp³-hybridized carbons (Fsp3) is 0.500. The van der Waals surface area contributed by atoms with Gasteiger partial charge in [0, 0.05) is 25.0 Å². The zero-order valence-corrected chi connectivity index (χ0v) is 20.0. The molecule has 6 nitrogen and oxygen atoms in total. The molecule has 0 aromatic heterocycles. The lowest BCUT2D eigenvalue weighted by Gasteiger charge is -2.34. The van der Waals surface area contributed by atoms with E-state index in [1.807, 2.05) is 18.2 Å². The normalized spacial score (nSPS) is 18.9. The van der Waals surface area contributed by atoms with Crippen molar-refractivity contribution in [2.45, 2.75) is 60.5 Å². The first kappa shape index (κ1) is 23.8. The van der Waals surface area contributed by atoms with Gasteiger partial charge in [-0.25, -0.2) is 13.2 Å². The van der Waals surface area contributed by atoms with Gasteiger partial charge in [0.15, 0.2) is 9.84 Å². The van der Waals surface area contributed by atoms with Crippen LogP contribution < -0.4 is 11.1 Å². The third-order valence-corrected chi connectivity index (χ3v) is 9.66. The van der Waals surface area contributed by atoms with Gasteiger partial charge in [-0.3, -0.25) is 0 Å². The van der Waals surface area contributed by atoms with Crippen LogP contribution in [0, 0.1) is 0 Å². The van der Waals surface area contributed by atoms with Crippen molar-refractivity contribution in [3.63, 3.8) is 0 Å². The molecule has 1 saturated carbocycles. The predicted octanol–water partition coefficient (Wildman–Crippen LogP) is 3.65. The third kappa shape index (κ3) is 5.25. The van der Waals surface area contributed by atoms with E-state index in [0.717, 1.165) is 24.8 Å².